The van der Waals surface area contributed by atoms with Gasteiger partial charge >= 0.3 is 13.1 Å². The van der Waals surface area contributed by atoms with Gasteiger partial charge in [-0.3, -0.25) is 4.79 Å². The van der Waals surface area contributed by atoms with Gasteiger partial charge in [0.25, 0.3) is 5.91 Å². The Morgan fingerprint density at radius 3 is 2.34 bits per heavy atom. The Labute approximate surface area is 167 Å². The van der Waals surface area contributed by atoms with E-state index in [4.69, 9.17) is 10.2 Å². The number of para-hydroxylation sites is 1. The first-order valence-electron chi connectivity index (χ1n) is 8.95. The summed E-state index contributed by atoms with van der Waals surface area (Å²) in [4.78, 5) is 23.6. The van der Waals surface area contributed by atoms with E-state index < -0.39 is 30.7 Å². The van der Waals surface area contributed by atoms with E-state index in [1.807, 2.05) is 0 Å². The van der Waals surface area contributed by atoms with Gasteiger partial charge < -0.3 is 36.0 Å². The van der Waals surface area contributed by atoms with Gasteiger partial charge in [-0.05, 0) is 35.7 Å². The van der Waals surface area contributed by atoms with Crippen molar-refractivity contribution in [1.29, 1.82) is 0 Å². The predicted molar refractivity (Wildman–Crippen MR) is 105 cm³/mol. The van der Waals surface area contributed by atoms with Gasteiger partial charge in [-0.25, -0.2) is 4.79 Å². The third-order valence-electron chi connectivity index (χ3n) is 4.30. The molecule has 0 fully saturated rings. The number of carbonyl (C=O) groups excluding carboxylic acids is 1. The second-order valence-corrected chi connectivity index (χ2v) is 6.41. The van der Waals surface area contributed by atoms with Crippen LogP contribution in [0.1, 0.15) is 31.8 Å². The Hall–Kier alpha value is -2.92. The Kier molecular flexibility index (Phi) is 8.16. The minimum atomic E-state index is -1.92. The molecule has 2 aromatic rings. The molecule has 0 radical (unpaired) electrons. The zero-order valence-corrected chi connectivity index (χ0v) is 15.6. The first kappa shape index (κ1) is 22.4. The topological polar surface area (TPSA) is 159 Å². The molecule has 0 aliphatic rings. The second kappa shape index (κ2) is 10.6. The van der Waals surface area contributed by atoms with Gasteiger partial charge in [-0.15, -0.1) is 0 Å². The number of aromatic carboxylic acids is 1. The molecule has 10 heteroatoms. The van der Waals surface area contributed by atoms with Crippen LogP contribution in [0.5, 0.6) is 5.75 Å². The number of carboxylic acids is 1. The van der Waals surface area contributed by atoms with Gasteiger partial charge in [0.05, 0.1) is 12.5 Å². The van der Waals surface area contributed by atoms with E-state index in [1.165, 1.54) is 18.2 Å². The van der Waals surface area contributed by atoms with E-state index in [0.717, 1.165) is 5.56 Å². The van der Waals surface area contributed by atoms with Gasteiger partial charge in [0.2, 0.25) is 0 Å². The average Bonchev–Trinajstić information content (AvgIpc) is 2.69. The van der Waals surface area contributed by atoms with Crippen molar-refractivity contribution < 1.29 is 35.0 Å². The summed E-state index contributed by atoms with van der Waals surface area (Å²) >= 11 is 0. The molecule has 0 unspecified atom stereocenters. The fourth-order valence-corrected chi connectivity index (χ4v) is 2.73. The van der Waals surface area contributed by atoms with Crippen molar-refractivity contribution >= 4 is 19.0 Å². The van der Waals surface area contributed by atoms with Crippen LogP contribution in [0.2, 0.25) is 0 Å². The first-order valence-corrected chi connectivity index (χ1v) is 8.95. The third kappa shape index (κ3) is 6.29. The highest BCUT2D eigenvalue weighted by atomic mass is 16.4. The van der Waals surface area contributed by atoms with Crippen molar-refractivity contribution in [1.82, 2.24) is 10.6 Å². The highest BCUT2D eigenvalue weighted by molar-refractivity contribution is 6.43. The number of carbonyl (C=O) groups is 2. The molecule has 29 heavy (non-hydrogen) atoms. The van der Waals surface area contributed by atoms with E-state index in [9.17, 15) is 24.7 Å². The standard InChI is InChI=1S/C19H23BN2O7/c23-9-8-21-11-12-4-6-13(7-5-12)18(25)22-16(20(28)29)10-14-2-1-3-15(17(14)24)19(26)27/h1-7,16,21,23-24,28-29H,8-11H2,(H,22,25)(H,26,27)/t16-/m0/s1. The van der Waals surface area contributed by atoms with Gasteiger partial charge in [-0.2, -0.15) is 0 Å². The van der Waals surface area contributed by atoms with Crippen LogP contribution >= 0.6 is 0 Å². The lowest BCUT2D eigenvalue weighted by Gasteiger charge is -2.19. The number of aliphatic hydroxyl groups is 1. The predicted octanol–water partition coefficient (Wildman–Crippen LogP) is -0.475. The summed E-state index contributed by atoms with van der Waals surface area (Å²) in [5.41, 5.74) is 1.05. The number of rotatable bonds is 10. The fraction of sp³-hybridized carbons (Fsp3) is 0.263. The monoisotopic (exact) mass is 402 g/mol. The Morgan fingerprint density at radius 1 is 1.07 bits per heavy atom. The maximum atomic E-state index is 12.4. The molecule has 0 saturated carbocycles. The number of phenols is 1. The van der Waals surface area contributed by atoms with Gasteiger partial charge in [0.1, 0.15) is 11.3 Å². The van der Waals surface area contributed by atoms with E-state index >= 15 is 0 Å². The molecule has 0 aliphatic carbocycles. The van der Waals surface area contributed by atoms with E-state index in [1.54, 1.807) is 24.3 Å². The van der Waals surface area contributed by atoms with Crippen LogP contribution in [0.25, 0.3) is 0 Å². The first-order chi connectivity index (χ1) is 13.8. The van der Waals surface area contributed by atoms with Crippen molar-refractivity contribution in [3.63, 3.8) is 0 Å². The molecule has 154 valence electrons. The molecule has 2 aromatic carbocycles. The van der Waals surface area contributed by atoms with Gasteiger partial charge in [0.15, 0.2) is 0 Å². The Bertz CT molecular complexity index is 843. The summed E-state index contributed by atoms with van der Waals surface area (Å²) in [6.45, 7) is 1.00. The van der Waals surface area contributed by atoms with E-state index in [2.05, 4.69) is 10.6 Å². The lowest BCUT2D eigenvalue weighted by molar-refractivity contribution is 0.0693. The molecular formula is C19H23BN2O7. The molecule has 9 nitrogen and oxygen atoms in total. The molecular weight excluding hydrogens is 379 g/mol. The molecule has 0 bridgehead atoms. The fourth-order valence-electron chi connectivity index (χ4n) is 2.73. The molecule has 0 aliphatic heterocycles. The molecule has 0 saturated heterocycles. The van der Waals surface area contributed by atoms with Crippen LogP contribution in [-0.2, 0) is 13.0 Å². The number of hydrogen-bond donors (Lipinski definition) is 7. The van der Waals surface area contributed by atoms with Crippen LogP contribution in [0.3, 0.4) is 0 Å². The molecule has 0 spiro atoms. The molecule has 1 amide bonds. The van der Waals surface area contributed by atoms with Crippen LogP contribution in [0.4, 0.5) is 0 Å². The molecule has 1 atom stereocenters. The number of benzene rings is 2. The Balaban J connectivity index is 2.08. The number of carboxylic acid groups (broad SMARTS) is 1. The highest BCUT2D eigenvalue weighted by Crippen LogP contribution is 2.24. The molecule has 7 N–H and O–H groups in total. The largest absolute Gasteiger partial charge is 0.507 e. The number of aromatic hydroxyl groups is 1. The normalized spacial score (nSPS) is 11.7. The van der Waals surface area contributed by atoms with Crippen LogP contribution in [-0.4, -0.2) is 63.5 Å². The summed E-state index contributed by atoms with van der Waals surface area (Å²) in [7, 11) is -1.92. The van der Waals surface area contributed by atoms with Crippen LogP contribution < -0.4 is 10.6 Å². The van der Waals surface area contributed by atoms with Crippen LogP contribution in [0, 0.1) is 0 Å². The molecule has 0 aromatic heterocycles. The quantitative estimate of drug-likeness (QED) is 0.207. The minimum absolute atomic E-state index is 0.0241. The number of nitrogens with one attached hydrogen (secondary N) is 2. The third-order valence-corrected chi connectivity index (χ3v) is 4.30. The smallest absolute Gasteiger partial charge is 0.475 e. The number of hydrogen-bond acceptors (Lipinski definition) is 7. The van der Waals surface area contributed by atoms with Gasteiger partial charge in [0, 0.05) is 18.7 Å². The SMILES string of the molecule is O=C(N[C@@H](Cc1cccc(C(=O)O)c1O)B(O)O)c1ccc(CNCCO)cc1. The lowest BCUT2D eigenvalue weighted by atomic mass is 9.75. The maximum Gasteiger partial charge on any atom is 0.475 e. The van der Waals surface area contributed by atoms with Crippen molar-refractivity contribution in [2.45, 2.75) is 18.9 Å². The zero-order chi connectivity index (χ0) is 21.4. The lowest BCUT2D eigenvalue weighted by Crippen LogP contribution is -2.47. The number of amides is 1. The maximum absolute atomic E-state index is 12.4. The van der Waals surface area contributed by atoms with Crippen molar-refractivity contribution in [3.05, 3.63) is 64.7 Å². The molecule has 2 rings (SSSR count). The van der Waals surface area contributed by atoms with Crippen LogP contribution in [0.15, 0.2) is 42.5 Å². The van der Waals surface area contributed by atoms with E-state index in [0.29, 0.717) is 18.7 Å². The average molecular weight is 402 g/mol. The second-order valence-electron chi connectivity index (χ2n) is 6.41. The summed E-state index contributed by atoms with van der Waals surface area (Å²) in [5.74, 6) is -3.52. The Morgan fingerprint density at radius 2 is 1.76 bits per heavy atom. The summed E-state index contributed by atoms with van der Waals surface area (Å²) in [6, 6.07) is 10.7. The van der Waals surface area contributed by atoms with Crippen molar-refractivity contribution in [2.24, 2.45) is 0 Å². The minimum Gasteiger partial charge on any atom is -0.507 e. The number of aliphatic hydroxyl groups excluding tert-OH is 1. The summed E-state index contributed by atoms with van der Waals surface area (Å²) in [5, 5.41) is 52.6. The highest BCUT2D eigenvalue weighted by Gasteiger charge is 2.28. The zero-order valence-electron chi connectivity index (χ0n) is 15.6. The van der Waals surface area contributed by atoms with Crippen molar-refractivity contribution in [2.75, 3.05) is 13.2 Å². The van der Waals surface area contributed by atoms with Crippen molar-refractivity contribution in [3.8, 4) is 5.75 Å². The van der Waals surface area contributed by atoms with E-state index in [-0.39, 0.29) is 24.2 Å². The summed E-state index contributed by atoms with van der Waals surface area (Å²) in [6.07, 6.45) is -0.181. The van der Waals surface area contributed by atoms with Gasteiger partial charge in [-0.1, -0.05) is 24.3 Å². The molecule has 0 heterocycles. The summed E-state index contributed by atoms with van der Waals surface area (Å²) < 4.78 is 0.